The van der Waals surface area contributed by atoms with Crippen molar-refractivity contribution in [2.75, 3.05) is 11.9 Å². The first kappa shape index (κ1) is 14.4. The summed E-state index contributed by atoms with van der Waals surface area (Å²) in [5.41, 5.74) is 0.0576. The number of halogens is 3. The van der Waals surface area contributed by atoms with E-state index in [9.17, 15) is 13.2 Å². The lowest BCUT2D eigenvalue weighted by Crippen LogP contribution is -2.08. The highest BCUT2D eigenvalue weighted by molar-refractivity contribution is 5.43. The molecule has 0 fully saturated rings. The molecule has 0 aliphatic carbocycles. The molecule has 0 spiro atoms. The van der Waals surface area contributed by atoms with Crippen LogP contribution in [0.15, 0.2) is 30.7 Å². The molecule has 0 saturated carbocycles. The van der Waals surface area contributed by atoms with E-state index in [0.717, 1.165) is 30.9 Å². The molecule has 7 heteroatoms. The number of alkyl halides is 3. The minimum absolute atomic E-state index is 0.246. The van der Waals surface area contributed by atoms with E-state index in [-0.39, 0.29) is 6.54 Å². The summed E-state index contributed by atoms with van der Waals surface area (Å²) >= 11 is 0. The topological polar surface area (TPSA) is 42.7 Å². The first-order valence-corrected chi connectivity index (χ1v) is 6.28. The molecule has 0 atom stereocenters. The van der Waals surface area contributed by atoms with Gasteiger partial charge in [0.15, 0.2) is 0 Å². The average Bonchev–Trinajstić information content (AvgIpc) is 2.86. The van der Waals surface area contributed by atoms with Crippen LogP contribution in [0.5, 0.6) is 0 Å². The van der Waals surface area contributed by atoms with E-state index < -0.39 is 11.7 Å². The van der Waals surface area contributed by atoms with Crippen LogP contribution < -0.4 is 5.32 Å². The second-order valence-corrected chi connectivity index (χ2v) is 4.36. The van der Waals surface area contributed by atoms with E-state index in [2.05, 4.69) is 15.4 Å². The molecule has 2 aromatic rings. The van der Waals surface area contributed by atoms with Crippen LogP contribution in [0.1, 0.15) is 24.5 Å². The Hall–Kier alpha value is -2.05. The van der Waals surface area contributed by atoms with Crippen LogP contribution in [0.4, 0.5) is 19.0 Å². The molecular formula is C13H15F3N4. The molecular weight excluding hydrogens is 269 g/mol. The number of rotatable bonds is 5. The minimum atomic E-state index is -4.36. The standard InChI is InChI=1S/C13H15F3N4/c1-2-5-17-12-10(4-3-6-18-12)8-20-9-11(7-19-20)13(14,15)16/h3-4,6-7,9H,2,5,8H2,1H3,(H,17,18). The van der Waals surface area contributed by atoms with E-state index in [1.807, 2.05) is 13.0 Å². The van der Waals surface area contributed by atoms with Crippen molar-refractivity contribution in [3.8, 4) is 0 Å². The van der Waals surface area contributed by atoms with Crippen molar-refractivity contribution in [3.05, 3.63) is 41.9 Å². The van der Waals surface area contributed by atoms with Gasteiger partial charge in [-0.3, -0.25) is 4.68 Å². The zero-order chi connectivity index (χ0) is 14.6. The normalized spacial score (nSPS) is 11.6. The minimum Gasteiger partial charge on any atom is -0.370 e. The van der Waals surface area contributed by atoms with Gasteiger partial charge in [-0.05, 0) is 12.5 Å². The van der Waals surface area contributed by atoms with Gasteiger partial charge in [-0.1, -0.05) is 13.0 Å². The molecule has 20 heavy (non-hydrogen) atoms. The highest BCUT2D eigenvalue weighted by atomic mass is 19.4. The zero-order valence-electron chi connectivity index (χ0n) is 11.0. The molecule has 0 unspecified atom stereocenters. The summed E-state index contributed by atoms with van der Waals surface area (Å²) in [5, 5.41) is 6.89. The summed E-state index contributed by atoms with van der Waals surface area (Å²) in [6, 6.07) is 3.57. The summed E-state index contributed by atoms with van der Waals surface area (Å²) < 4.78 is 38.8. The Morgan fingerprint density at radius 1 is 1.35 bits per heavy atom. The molecule has 2 rings (SSSR count). The predicted octanol–water partition coefficient (Wildman–Crippen LogP) is 3.17. The van der Waals surface area contributed by atoms with Crippen LogP contribution in [0.2, 0.25) is 0 Å². The lowest BCUT2D eigenvalue weighted by atomic mass is 10.2. The summed E-state index contributed by atoms with van der Waals surface area (Å²) in [6.07, 6.45) is 0.0460. The molecule has 4 nitrogen and oxygen atoms in total. The second-order valence-electron chi connectivity index (χ2n) is 4.36. The third-order valence-corrected chi connectivity index (χ3v) is 2.73. The molecule has 0 aromatic carbocycles. The smallest absolute Gasteiger partial charge is 0.370 e. The van der Waals surface area contributed by atoms with E-state index in [0.29, 0.717) is 5.82 Å². The van der Waals surface area contributed by atoms with Crippen LogP contribution in [0.25, 0.3) is 0 Å². The quantitative estimate of drug-likeness (QED) is 0.917. The van der Waals surface area contributed by atoms with Crippen molar-refractivity contribution in [1.82, 2.24) is 14.8 Å². The van der Waals surface area contributed by atoms with Gasteiger partial charge in [0, 0.05) is 24.5 Å². The number of hydrogen-bond donors (Lipinski definition) is 1. The van der Waals surface area contributed by atoms with Crippen LogP contribution in [0, 0.1) is 0 Å². The second kappa shape index (κ2) is 5.94. The average molecular weight is 284 g/mol. The van der Waals surface area contributed by atoms with Crippen LogP contribution in [-0.2, 0) is 12.7 Å². The Morgan fingerprint density at radius 3 is 2.80 bits per heavy atom. The number of nitrogens with one attached hydrogen (secondary N) is 1. The fraction of sp³-hybridized carbons (Fsp3) is 0.385. The fourth-order valence-corrected chi connectivity index (χ4v) is 1.74. The highest BCUT2D eigenvalue weighted by Gasteiger charge is 2.32. The van der Waals surface area contributed by atoms with Gasteiger partial charge in [-0.25, -0.2) is 4.98 Å². The van der Waals surface area contributed by atoms with Crippen molar-refractivity contribution >= 4 is 5.82 Å². The van der Waals surface area contributed by atoms with Gasteiger partial charge in [0.05, 0.1) is 18.3 Å². The van der Waals surface area contributed by atoms with E-state index >= 15 is 0 Å². The Labute approximate surface area is 114 Å². The number of pyridine rings is 1. The molecule has 0 amide bonds. The summed E-state index contributed by atoms with van der Waals surface area (Å²) in [4.78, 5) is 4.19. The lowest BCUT2D eigenvalue weighted by Gasteiger charge is -2.10. The van der Waals surface area contributed by atoms with Gasteiger partial charge in [0.1, 0.15) is 5.82 Å². The van der Waals surface area contributed by atoms with E-state index in [1.165, 1.54) is 4.68 Å². The third-order valence-electron chi connectivity index (χ3n) is 2.73. The summed E-state index contributed by atoms with van der Waals surface area (Å²) in [6.45, 7) is 3.03. The van der Waals surface area contributed by atoms with Gasteiger partial charge in [-0.15, -0.1) is 0 Å². The van der Waals surface area contributed by atoms with Gasteiger partial charge < -0.3 is 5.32 Å². The summed E-state index contributed by atoms with van der Waals surface area (Å²) in [7, 11) is 0. The van der Waals surface area contributed by atoms with Crippen LogP contribution in [0.3, 0.4) is 0 Å². The molecule has 2 aromatic heterocycles. The van der Waals surface area contributed by atoms with Crippen LogP contribution >= 0.6 is 0 Å². The molecule has 1 N–H and O–H groups in total. The third kappa shape index (κ3) is 3.49. The highest BCUT2D eigenvalue weighted by Crippen LogP contribution is 2.28. The molecule has 0 radical (unpaired) electrons. The van der Waals surface area contributed by atoms with Gasteiger partial charge in [-0.2, -0.15) is 18.3 Å². The molecule has 2 heterocycles. The van der Waals surface area contributed by atoms with Crippen molar-refractivity contribution in [2.24, 2.45) is 0 Å². The van der Waals surface area contributed by atoms with Gasteiger partial charge in [0.2, 0.25) is 0 Å². The monoisotopic (exact) mass is 284 g/mol. The number of aromatic nitrogens is 3. The van der Waals surface area contributed by atoms with Crippen molar-refractivity contribution < 1.29 is 13.2 Å². The van der Waals surface area contributed by atoms with Crippen molar-refractivity contribution in [1.29, 1.82) is 0 Å². The van der Waals surface area contributed by atoms with Crippen molar-refractivity contribution in [3.63, 3.8) is 0 Å². The van der Waals surface area contributed by atoms with Crippen molar-refractivity contribution in [2.45, 2.75) is 26.1 Å². The fourth-order valence-electron chi connectivity index (χ4n) is 1.74. The van der Waals surface area contributed by atoms with E-state index in [4.69, 9.17) is 0 Å². The number of hydrogen-bond acceptors (Lipinski definition) is 3. The molecule has 0 aliphatic heterocycles. The molecule has 0 bridgehead atoms. The predicted molar refractivity (Wildman–Crippen MR) is 69.3 cm³/mol. The maximum Gasteiger partial charge on any atom is 0.419 e. The van der Waals surface area contributed by atoms with Gasteiger partial charge in [0.25, 0.3) is 0 Å². The maximum atomic E-state index is 12.5. The maximum absolute atomic E-state index is 12.5. The molecule has 0 aliphatic rings. The Kier molecular flexibility index (Phi) is 4.26. The van der Waals surface area contributed by atoms with E-state index in [1.54, 1.807) is 12.3 Å². The lowest BCUT2D eigenvalue weighted by molar-refractivity contribution is -0.137. The molecule has 108 valence electrons. The zero-order valence-corrected chi connectivity index (χ0v) is 11.0. The van der Waals surface area contributed by atoms with Gasteiger partial charge >= 0.3 is 6.18 Å². The Morgan fingerprint density at radius 2 is 2.15 bits per heavy atom. The number of anilines is 1. The number of nitrogens with zero attached hydrogens (tertiary/aromatic N) is 3. The first-order chi connectivity index (χ1) is 9.50. The van der Waals surface area contributed by atoms with Crippen LogP contribution in [-0.4, -0.2) is 21.3 Å². The SMILES string of the molecule is CCCNc1ncccc1Cn1cc(C(F)(F)F)cn1. The largest absolute Gasteiger partial charge is 0.419 e. The molecule has 0 saturated heterocycles. The summed E-state index contributed by atoms with van der Waals surface area (Å²) in [5.74, 6) is 0.679. The first-order valence-electron chi connectivity index (χ1n) is 6.28. The Bertz CT molecular complexity index is 563. The Balaban J connectivity index is 2.15.